The monoisotopic (exact) mass is 303 g/mol. The Kier molecular flexibility index (Phi) is 3.88. The van der Waals surface area contributed by atoms with Gasteiger partial charge in [-0.15, -0.1) is 11.6 Å². The topological polar surface area (TPSA) is 30.7 Å². The van der Waals surface area contributed by atoms with Gasteiger partial charge in [0.2, 0.25) is 0 Å². The first kappa shape index (κ1) is 14.0. The Bertz CT molecular complexity index is 752. The molecule has 2 heterocycles. The lowest BCUT2D eigenvalue weighted by atomic mass is 10.1. The van der Waals surface area contributed by atoms with Crippen LogP contribution in [0.15, 0.2) is 42.7 Å². The van der Waals surface area contributed by atoms with Gasteiger partial charge in [0.1, 0.15) is 17.2 Å². The summed E-state index contributed by atoms with van der Waals surface area (Å²) in [5.41, 5.74) is 2.90. The predicted molar refractivity (Wildman–Crippen MR) is 82.2 cm³/mol. The van der Waals surface area contributed by atoms with E-state index in [0.29, 0.717) is 12.3 Å². The molecule has 3 aromatic rings. The van der Waals surface area contributed by atoms with Crippen molar-refractivity contribution in [1.29, 1.82) is 0 Å². The number of aryl methyl sites for hydroxylation is 1. The number of pyridine rings is 1. The van der Waals surface area contributed by atoms with Gasteiger partial charge in [-0.05, 0) is 30.7 Å². The number of hydrogen-bond acceptors (Lipinski definition) is 2. The number of halogens is 2. The summed E-state index contributed by atoms with van der Waals surface area (Å²) in [6, 6.07) is 8.56. The molecular weight excluding hydrogens is 289 g/mol. The summed E-state index contributed by atoms with van der Waals surface area (Å²) in [6.45, 7) is 2.08. The molecule has 3 nitrogen and oxygen atoms in total. The van der Waals surface area contributed by atoms with Crippen molar-refractivity contribution in [2.45, 2.75) is 19.4 Å². The summed E-state index contributed by atoms with van der Waals surface area (Å²) in [5, 5.41) is 0. The quantitative estimate of drug-likeness (QED) is 0.683. The summed E-state index contributed by atoms with van der Waals surface area (Å²) < 4.78 is 15.2. The minimum absolute atomic E-state index is 0.0521. The molecule has 0 N–H and O–H groups in total. The minimum atomic E-state index is -0.230. The van der Waals surface area contributed by atoms with Crippen LogP contribution in [0.25, 0.3) is 11.0 Å². The molecule has 108 valence electrons. The normalized spacial score (nSPS) is 12.7. The summed E-state index contributed by atoms with van der Waals surface area (Å²) in [4.78, 5) is 8.72. The van der Waals surface area contributed by atoms with Crippen molar-refractivity contribution in [2.75, 3.05) is 5.88 Å². The fourth-order valence-corrected chi connectivity index (χ4v) is 2.75. The van der Waals surface area contributed by atoms with Gasteiger partial charge >= 0.3 is 0 Å². The van der Waals surface area contributed by atoms with Gasteiger partial charge in [0, 0.05) is 18.5 Å². The Morgan fingerprint density at radius 3 is 2.71 bits per heavy atom. The lowest BCUT2D eigenvalue weighted by Gasteiger charge is -2.18. The average Bonchev–Trinajstić information content (AvgIpc) is 2.85. The molecule has 0 saturated carbocycles. The first-order valence-electron chi connectivity index (χ1n) is 6.83. The number of benzene rings is 1. The van der Waals surface area contributed by atoms with Crippen molar-refractivity contribution in [2.24, 2.45) is 0 Å². The van der Waals surface area contributed by atoms with E-state index in [1.54, 1.807) is 24.5 Å². The van der Waals surface area contributed by atoms with Gasteiger partial charge in [0.15, 0.2) is 0 Å². The standard InChI is InChI=1S/C16H15ClFN3/c1-11(12-2-4-13(18)5-3-12)21-15-7-9-19-10-14(15)20-16(21)6-8-17/h2-5,7,9-11H,6,8H2,1H3. The van der Waals surface area contributed by atoms with Crippen molar-refractivity contribution in [3.8, 4) is 0 Å². The van der Waals surface area contributed by atoms with E-state index in [1.165, 1.54) is 12.1 Å². The Labute approximate surface area is 127 Å². The van der Waals surface area contributed by atoms with E-state index in [0.717, 1.165) is 22.4 Å². The average molecular weight is 304 g/mol. The number of aromatic nitrogens is 3. The SMILES string of the molecule is CC(c1ccc(F)cc1)n1c(CCCl)nc2cnccc21. The Balaban J connectivity index is 2.13. The van der Waals surface area contributed by atoms with Crippen molar-refractivity contribution in [3.63, 3.8) is 0 Å². The number of imidazole rings is 1. The maximum Gasteiger partial charge on any atom is 0.123 e. The maximum atomic E-state index is 13.1. The van der Waals surface area contributed by atoms with Crippen LogP contribution in [0.5, 0.6) is 0 Å². The first-order valence-corrected chi connectivity index (χ1v) is 7.36. The van der Waals surface area contributed by atoms with Crippen LogP contribution in [0.4, 0.5) is 4.39 Å². The van der Waals surface area contributed by atoms with Crippen molar-refractivity contribution in [3.05, 3.63) is 59.9 Å². The van der Waals surface area contributed by atoms with Gasteiger partial charge in [-0.3, -0.25) is 4.98 Å². The molecule has 1 atom stereocenters. The van der Waals surface area contributed by atoms with Gasteiger partial charge < -0.3 is 4.57 Å². The number of alkyl halides is 1. The number of fused-ring (bicyclic) bond motifs is 1. The van der Waals surface area contributed by atoms with E-state index in [1.807, 2.05) is 6.07 Å². The molecule has 0 spiro atoms. The highest BCUT2D eigenvalue weighted by Gasteiger charge is 2.17. The molecule has 2 aromatic heterocycles. The minimum Gasteiger partial charge on any atom is -0.321 e. The molecule has 0 amide bonds. The van der Waals surface area contributed by atoms with E-state index in [4.69, 9.17) is 11.6 Å². The van der Waals surface area contributed by atoms with Gasteiger partial charge in [0.05, 0.1) is 17.8 Å². The molecule has 3 rings (SSSR count). The molecule has 21 heavy (non-hydrogen) atoms. The Morgan fingerprint density at radius 1 is 1.24 bits per heavy atom. The van der Waals surface area contributed by atoms with Crippen LogP contribution in [0.2, 0.25) is 0 Å². The van der Waals surface area contributed by atoms with E-state index >= 15 is 0 Å². The smallest absolute Gasteiger partial charge is 0.123 e. The second-order valence-corrected chi connectivity index (χ2v) is 5.31. The first-order chi connectivity index (χ1) is 10.2. The number of hydrogen-bond donors (Lipinski definition) is 0. The van der Waals surface area contributed by atoms with Crippen LogP contribution in [0.1, 0.15) is 24.4 Å². The fourth-order valence-electron chi connectivity index (χ4n) is 2.58. The zero-order valence-electron chi connectivity index (χ0n) is 11.6. The maximum absolute atomic E-state index is 13.1. The van der Waals surface area contributed by atoms with Crippen LogP contribution in [-0.4, -0.2) is 20.4 Å². The highest BCUT2D eigenvalue weighted by Crippen LogP contribution is 2.26. The highest BCUT2D eigenvalue weighted by atomic mass is 35.5. The Hall–Kier alpha value is -1.94. The number of nitrogens with zero attached hydrogens (tertiary/aromatic N) is 3. The second kappa shape index (κ2) is 5.82. The second-order valence-electron chi connectivity index (χ2n) is 4.93. The molecule has 1 unspecified atom stereocenters. The van der Waals surface area contributed by atoms with Crippen molar-refractivity contribution in [1.82, 2.24) is 14.5 Å². The van der Waals surface area contributed by atoms with Crippen LogP contribution in [-0.2, 0) is 6.42 Å². The molecular formula is C16H15ClFN3. The molecule has 0 saturated heterocycles. The van der Waals surface area contributed by atoms with Crippen molar-refractivity contribution < 1.29 is 4.39 Å². The van der Waals surface area contributed by atoms with Gasteiger partial charge in [-0.1, -0.05) is 12.1 Å². The third kappa shape index (κ3) is 2.63. The molecule has 0 aliphatic carbocycles. The lowest BCUT2D eigenvalue weighted by Crippen LogP contribution is -2.11. The van der Waals surface area contributed by atoms with Crippen LogP contribution >= 0.6 is 11.6 Å². The summed E-state index contributed by atoms with van der Waals surface area (Å²) >= 11 is 5.89. The van der Waals surface area contributed by atoms with E-state index in [9.17, 15) is 4.39 Å². The van der Waals surface area contributed by atoms with E-state index in [-0.39, 0.29) is 11.9 Å². The zero-order valence-corrected chi connectivity index (χ0v) is 12.4. The van der Waals surface area contributed by atoms with Gasteiger partial charge in [-0.2, -0.15) is 0 Å². The van der Waals surface area contributed by atoms with E-state index in [2.05, 4.69) is 21.5 Å². The third-order valence-electron chi connectivity index (χ3n) is 3.62. The molecule has 5 heteroatoms. The fraction of sp³-hybridized carbons (Fsp3) is 0.250. The van der Waals surface area contributed by atoms with Crippen molar-refractivity contribution >= 4 is 22.6 Å². The summed E-state index contributed by atoms with van der Waals surface area (Å²) in [7, 11) is 0. The highest BCUT2D eigenvalue weighted by molar-refractivity contribution is 6.17. The van der Waals surface area contributed by atoms with Crippen LogP contribution in [0.3, 0.4) is 0 Å². The third-order valence-corrected chi connectivity index (χ3v) is 3.81. The molecule has 1 aromatic carbocycles. The van der Waals surface area contributed by atoms with Gasteiger partial charge in [0.25, 0.3) is 0 Å². The van der Waals surface area contributed by atoms with Crippen LogP contribution in [0, 0.1) is 5.82 Å². The molecule has 0 bridgehead atoms. The summed E-state index contributed by atoms with van der Waals surface area (Å²) in [6.07, 6.45) is 4.19. The van der Waals surface area contributed by atoms with E-state index < -0.39 is 0 Å². The lowest BCUT2D eigenvalue weighted by molar-refractivity contribution is 0.609. The molecule has 0 aliphatic rings. The predicted octanol–water partition coefficient (Wildman–Crippen LogP) is 3.96. The largest absolute Gasteiger partial charge is 0.321 e. The van der Waals surface area contributed by atoms with Gasteiger partial charge in [-0.25, -0.2) is 9.37 Å². The van der Waals surface area contributed by atoms with Crippen LogP contribution < -0.4 is 0 Å². The zero-order chi connectivity index (χ0) is 14.8. The Morgan fingerprint density at radius 2 is 2.00 bits per heavy atom. The molecule has 0 fully saturated rings. The summed E-state index contributed by atoms with van der Waals surface area (Å²) in [5.74, 6) is 1.20. The number of rotatable bonds is 4. The molecule has 0 aliphatic heterocycles. The molecule has 0 radical (unpaired) electrons.